The van der Waals surface area contributed by atoms with Crippen molar-refractivity contribution in [2.24, 2.45) is 5.92 Å². The maximum atomic E-state index is 13.4. The number of nitrogen functional groups attached to an aromatic ring is 1. The molecule has 9 heteroatoms. The van der Waals surface area contributed by atoms with Gasteiger partial charge < -0.3 is 20.1 Å². The van der Waals surface area contributed by atoms with Crippen LogP contribution in [-0.4, -0.2) is 57.7 Å². The monoisotopic (exact) mass is 412 g/mol. The van der Waals surface area contributed by atoms with Gasteiger partial charge in [0, 0.05) is 50.5 Å². The van der Waals surface area contributed by atoms with E-state index in [0.717, 1.165) is 18.7 Å². The van der Waals surface area contributed by atoms with Crippen LogP contribution in [0.2, 0.25) is 0 Å². The number of rotatable bonds is 2. The zero-order chi connectivity index (χ0) is 20.8. The number of fused-ring (bicyclic) bond motifs is 4. The average molecular weight is 412 g/mol. The van der Waals surface area contributed by atoms with E-state index in [0.29, 0.717) is 50.8 Å². The van der Waals surface area contributed by atoms with Crippen LogP contribution in [0.25, 0.3) is 0 Å². The van der Waals surface area contributed by atoms with Crippen molar-refractivity contribution in [3.63, 3.8) is 0 Å². The van der Waals surface area contributed by atoms with Crippen molar-refractivity contribution in [3.05, 3.63) is 46.0 Å². The number of amides is 1. The molecule has 2 aromatic heterocycles. The van der Waals surface area contributed by atoms with Crippen LogP contribution in [0.15, 0.2) is 29.2 Å². The van der Waals surface area contributed by atoms with Crippen molar-refractivity contribution >= 4 is 17.7 Å². The number of nitrogens with two attached hydrogens (primary N) is 1. The van der Waals surface area contributed by atoms with Gasteiger partial charge in [-0.2, -0.15) is 4.98 Å². The van der Waals surface area contributed by atoms with Crippen LogP contribution >= 0.6 is 0 Å². The van der Waals surface area contributed by atoms with E-state index in [1.54, 1.807) is 27.8 Å². The minimum Gasteiger partial charge on any atom is -0.384 e. The molecule has 0 aromatic carbocycles. The van der Waals surface area contributed by atoms with E-state index >= 15 is 0 Å². The predicted octanol–water partition coefficient (Wildman–Crippen LogP) is 1.42. The summed E-state index contributed by atoms with van der Waals surface area (Å²) in [6.45, 7) is 2.74. The molecule has 2 aromatic rings. The Labute approximate surface area is 173 Å². The quantitative estimate of drug-likeness (QED) is 0.801. The topological polar surface area (TPSA) is 97.4 Å². The zero-order valence-electron chi connectivity index (χ0n) is 16.7. The van der Waals surface area contributed by atoms with Gasteiger partial charge in [-0.1, -0.05) is 0 Å². The molecule has 8 nitrogen and oxygen atoms in total. The molecule has 0 radical (unpaired) electrons. The molecule has 5 heterocycles. The Morgan fingerprint density at radius 2 is 1.93 bits per heavy atom. The van der Waals surface area contributed by atoms with Crippen molar-refractivity contribution in [1.82, 2.24) is 19.4 Å². The van der Waals surface area contributed by atoms with E-state index < -0.39 is 6.17 Å². The minimum absolute atomic E-state index is 0.168. The Hall–Kier alpha value is -2.97. The summed E-state index contributed by atoms with van der Waals surface area (Å²) in [6.07, 6.45) is 2.47. The maximum absolute atomic E-state index is 13.4. The van der Waals surface area contributed by atoms with Crippen LogP contribution in [0.4, 0.5) is 16.2 Å². The molecule has 158 valence electrons. The van der Waals surface area contributed by atoms with Crippen molar-refractivity contribution < 1.29 is 9.18 Å². The number of halogens is 1. The number of hydrogen-bond acceptors (Lipinski definition) is 6. The molecule has 5 rings (SSSR count). The molecule has 0 saturated carbocycles. The molecule has 0 unspecified atom stereocenters. The van der Waals surface area contributed by atoms with Gasteiger partial charge in [-0.15, -0.1) is 0 Å². The third-order valence-corrected chi connectivity index (χ3v) is 6.49. The summed E-state index contributed by atoms with van der Waals surface area (Å²) >= 11 is 0. The van der Waals surface area contributed by atoms with Gasteiger partial charge in [0.05, 0.1) is 0 Å². The number of carbonyl (C=O) groups is 1. The normalized spacial score (nSPS) is 23.9. The van der Waals surface area contributed by atoms with Gasteiger partial charge in [0.25, 0.3) is 11.5 Å². The van der Waals surface area contributed by atoms with Crippen molar-refractivity contribution in [1.29, 1.82) is 0 Å². The molecular weight excluding hydrogens is 387 g/mol. The summed E-state index contributed by atoms with van der Waals surface area (Å²) < 4.78 is 15.2. The lowest BCUT2D eigenvalue weighted by Gasteiger charge is -2.43. The first-order valence-electron chi connectivity index (χ1n) is 10.5. The molecule has 2 atom stereocenters. The maximum Gasteiger partial charge on any atom is 0.263 e. The van der Waals surface area contributed by atoms with Gasteiger partial charge in [0.1, 0.15) is 17.6 Å². The highest BCUT2D eigenvalue weighted by Crippen LogP contribution is 2.36. The Balaban J connectivity index is 1.41. The number of alkyl halides is 1. The largest absolute Gasteiger partial charge is 0.384 e. The minimum atomic E-state index is -0.857. The van der Waals surface area contributed by atoms with Crippen molar-refractivity contribution in [2.45, 2.75) is 37.9 Å². The fourth-order valence-corrected chi connectivity index (χ4v) is 5.01. The van der Waals surface area contributed by atoms with E-state index in [9.17, 15) is 14.0 Å². The van der Waals surface area contributed by atoms with Crippen LogP contribution < -0.4 is 16.2 Å². The van der Waals surface area contributed by atoms with E-state index in [4.69, 9.17) is 5.73 Å². The molecule has 2 bridgehead atoms. The predicted molar refractivity (Wildman–Crippen MR) is 110 cm³/mol. The number of piperidine rings is 2. The van der Waals surface area contributed by atoms with E-state index in [-0.39, 0.29) is 28.9 Å². The average Bonchev–Trinajstić information content (AvgIpc) is 2.74. The Morgan fingerprint density at radius 1 is 1.13 bits per heavy atom. The highest BCUT2D eigenvalue weighted by Gasteiger charge is 2.36. The van der Waals surface area contributed by atoms with Gasteiger partial charge in [-0.3, -0.25) is 9.59 Å². The van der Waals surface area contributed by atoms with Gasteiger partial charge in [0.2, 0.25) is 5.95 Å². The lowest BCUT2D eigenvalue weighted by molar-refractivity contribution is 0.0664. The highest BCUT2D eigenvalue weighted by molar-refractivity contribution is 5.94. The number of anilines is 2. The summed E-state index contributed by atoms with van der Waals surface area (Å²) in [7, 11) is 0. The smallest absolute Gasteiger partial charge is 0.263 e. The third-order valence-electron chi connectivity index (χ3n) is 6.49. The van der Waals surface area contributed by atoms with E-state index in [1.807, 2.05) is 6.07 Å². The Morgan fingerprint density at radius 3 is 2.70 bits per heavy atom. The number of aromatic nitrogens is 3. The molecule has 3 aliphatic heterocycles. The lowest BCUT2D eigenvalue weighted by Crippen LogP contribution is -2.49. The molecule has 3 aliphatic rings. The third kappa shape index (κ3) is 3.32. The second-order valence-corrected chi connectivity index (χ2v) is 8.54. The molecule has 30 heavy (non-hydrogen) atoms. The van der Waals surface area contributed by atoms with Crippen LogP contribution in [0.3, 0.4) is 0 Å². The second kappa shape index (κ2) is 7.37. The summed E-state index contributed by atoms with van der Waals surface area (Å²) in [5.41, 5.74) is 6.71. The number of hydrogen-bond donors (Lipinski definition) is 1. The SMILES string of the molecule is Nc1ccnc(N2C[C@@H]3C[C@H](C2)c2ccc(C(=O)N4CCC(F)CC4)c(=O)n2C3)n1. The molecule has 2 N–H and O–H groups in total. The summed E-state index contributed by atoms with van der Waals surface area (Å²) in [4.78, 5) is 38.5. The number of pyridine rings is 1. The fourth-order valence-electron chi connectivity index (χ4n) is 5.01. The second-order valence-electron chi connectivity index (χ2n) is 8.54. The molecule has 0 spiro atoms. The first-order chi connectivity index (χ1) is 14.5. The van der Waals surface area contributed by atoms with Crippen LogP contribution in [0.5, 0.6) is 0 Å². The van der Waals surface area contributed by atoms with Gasteiger partial charge >= 0.3 is 0 Å². The van der Waals surface area contributed by atoms with Gasteiger partial charge in [-0.25, -0.2) is 9.37 Å². The zero-order valence-corrected chi connectivity index (χ0v) is 16.7. The summed E-state index contributed by atoms with van der Waals surface area (Å²) in [5, 5.41) is 0. The number of nitrogens with zero attached hydrogens (tertiary/aromatic N) is 5. The van der Waals surface area contributed by atoms with E-state index in [2.05, 4.69) is 14.9 Å². The van der Waals surface area contributed by atoms with Crippen LogP contribution in [0, 0.1) is 5.92 Å². The van der Waals surface area contributed by atoms with Crippen molar-refractivity contribution in [2.75, 3.05) is 36.8 Å². The Bertz CT molecular complexity index is 1030. The highest BCUT2D eigenvalue weighted by atomic mass is 19.1. The molecule has 0 aliphatic carbocycles. The Kier molecular flexibility index (Phi) is 4.67. The van der Waals surface area contributed by atoms with E-state index in [1.165, 1.54) is 0 Å². The summed E-state index contributed by atoms with van der Waals surface area (Å²) in [5.74, 6) is 1.21. The molecule has 1 amide bonds. The van der Waals surface area contributed by atoms with Crippen LogP contribution in [0.1, 0.15) is 41.2 Å². The van der Waals surface area contributed by atoms with Crippen LogP contribution in [-0.2, 0) is 6.54 Å². The fraction of sp³-hybridized carbons (Fsp3) is 0.524. The standard InChI is InChI=1S/C21H25FN6O2/c22-15-4-7-26(8-5-15)19(29)16-1-2-17-14-9-13(11-28(17)20(16)30)10-27(12-14)21-24-6-3-18(23)25-21/h1-3,6,13-15H,4-5,7-12H2,(H2,23,24,25)/t13-,14+/m0/s1. The number of likely N-dealkylation sites (tertiary alicyclic amines) is 1. The van der Waals surface area contributed by atoms with Gasteiger partial charge in [-0.05, 0) is 43.4 Å². The summed E-state index contributed by atoms with van der Waals surface area (Å²) in [6, 6.07) is 5.22. The first kappa shape index (κ1) is 19.0. The van der Waals surface area contributed by atoms with Crippen molar-refractivity contribution in [3.8, 4) is 0 Å². The molecular formula is C21H25FN6O2. The molecule has 2 saturated heterocycles. The first-order valence-corrected chi connectivity index (χ1v) is 10.5. The lowest BCUT2D eigenvalue weighted by atomic mass is 9.83. The number of carbonyl (C=O) groups excluding carboxylic acids is 1. The molecule has 2 fully saturated rings. The van der Waals surface area contributed by atoms with Gasteiger partial charge in [0.15, 0.2) is 0 Å².